The van der Waals surface area contributed by atoms with Crippen LogP contribution in [0.5, 0.6) is 0 Å². The second-order valence-corrected chi connectivity index (χ2v) is 5.13. The van der Waals surface area contributed by atoms with Gasteiger partial charge in [-0.3, -0.25) is 9.59 Å². The molecule has 0 saturated carbocycles. The van der Waals surface area contributed by atoms with E-state index in [0.29, 0.717) is 5.56 Å². The molecule has 1 atom stereocenters. The molecule has 0 aliphatic carbocycles. The molecule has 0 bridgehead atoms. The van der Waals surface area contributed by atoms with Crippen LogP contribution in [0.1, 0.15) is 23.0 Å². The van der Waals surface area contributed by atoms with Crippen molar-refractivity contribution < 1.29 is 9.90 Å². The maximum atomic E-state index is 12.1. The summed E-state index contributed by atoms with van der Waals surface area (Å²) in [5, 5.41) is 13.1. The fraction of sp³-hybridized carbons (Fsp3) is 0.250. The van der Waals surface area contributed by atoms with Crippen molar-refractivity contribution in [1.29, 1.82) is 0 Å². The van der Waals surface area contributed by atoms with E-state index < -0.39 is 11.5 Å². The molecule has 2 rings (SSSR count). The molecule has 110 valence electrons. The Balaban J connectivity index is 2.11. The molecule has 0 aliphatic rings. The van der Waals surface area contributed by atoms with Crippen molar-refractivity contribution in [2.75, 3.05) is 6.54 Å². The SMILES string of the molecule is Cn1c(C(=O)NCC(C)(O)c2ccccc2)cccc1=O. The zero-order valence-electron chi connectivity index (χ0n) is 12.0. The molecule has 5 heteroatoms. The van der Waals surface area contributed by atoms with Gasteiger partial charge in [0.1, 0.15) is 11.3 Å². The summed E-state index contributed by atoms with van der Waals surface area (Å²) in [5.41, 5.74) is -0.457. The third kappa shape index (κ3) is 3.38. The van der Waals surface area contributed by atoms with Crippen LogP contribution in [0.4, 0.5) is 0 Å². The van der Waals surface area contributed by atoms with E-state index in [4.69, 9.17) is 0 Å². The Hall–Kier alpha value is -2.40. The first-order valence-corrected chi connectivity index (χ1v) is 6.64. The molecule has 0 fully saturated rings. The van der Waals surface area contributed by atoms with Crippen LogP contribution in [-0.2, 0) is 12.6 Å². The Morgan fingerprint density at radius 2 is 1.86 bits per heavy atom. The van der Waals surface area contributed by atoms with Gasteiger partial charge in [0, 0.05) is 13.1 Å². The first-order chi connectivity index (χ1) is 9.92. The first kappa shape index (κ1) is 15.0. The molecule has 5 nitrogen and oxygen atoms in total. The second kappa shape index (κ2) is 5.93. The van der Waals surface area contributed by atoms with Gasteiger partial charge in [-0.05, 0) is 18.6 Å². The number of nitrogens with zero attached hydrogens (tertiary/aromatic N) is 1. The van der Waals surface area contributed by atoms with Crippen molar-refractivity contribution in [2.45, 2.75) is 12.5 Å². The Kier molecular flexibility index (Phi) is 4.23. The van der Waals surface area contributed by atoms with E-state index in [1.165, 1.54) is 23.7 Å². The summed E-state index contributed by atoms with van der Waals surface area (Å²) in [6, 6.07) is 13.6. The molecule has 1 aromatic heterocycles. The van der Waals surface area contributed by atoms with Gasteiger partial charge in [0.2, 0.25) is 0 Å². The lowest BCUT2D eigenvalue weighted by Gasteiger charge is -2.24. The number of nitrogens with one attached hydrogen (secondary N) is 1. The minimum atomic E-state index is -1.18. The number of aliphatic hydroxyl groups is 1. The van der Waals surface area contributed by atoms with E-state index in [2.05, 4.69) is 5.32 Å². The predicted octanol–water partition coefficient (Wildman–Crippen LogP) is 1.02. The first-order valence-electron chi connectivity index (χ1n) is 6.64. The van der Waals surface area contributed by atoms with Crippen LogP contribution in [0.3, 0.4) is 0 Å². The Morgan fingerprint density at radius 1 is 1.19 bits per heavy atom. The summed E-state index contributed by atoms with van der Waals surface area (Å²) < 4.78 is 1.27. The number of pyridine rings is 1. The second-order valence-electron chi connectivity index (χ2n) is 5.13. The highest BCUT2D eigenvalue weighted by molar-refractivity contribution is 5.92. The van der Waals surface area contributed by atoms with Crippen LogP contribution in [0.15, 0.2) is 53.3 Å². The van der Waals surface area contributed by atoms with Crippen molar-refractivity contribution in [3.05, 3.63) is 70.1 Å². The van der Waals surface area contributed by atoms with Crippen molar-refractivity contribution in [3.8, 4) is 0 Å². The highest BCUT2D eigenvalue weighted by Gasteiger charge is 2.24. The zero-order chi connectivity index (χ0) is 15.5. The Labute approximate surface area is 122 Å². The molecule has 0 saturated heterocycles. The van der Waals surface area contributed by atoms with Crippen LogP contribution in [0, 0.1) is 0 Å². The number of rotatable bonds is 4. The maximum absolute atomic E-state index is 12.1. The van der Waals surface area contributed by atoms with Crippen LogP contribution in [0.25, 0.3) is 0 Å². The predicted molar refractivity (Wildman–Crippen MR) is 80.0 cm³/mol. The molecule has 2 aromatic rings. The average Bonchev–Trinajstić information content (AvgIpc) is 2.49. The van der Waals surface area contributed by atoms with E-state index in [-0.39, 0.29) is 17.8 Å². The molecule has 1 aromatic carbocycles. The third-order valence-corrected chi connectivity index (χ3v) is 3.41. The smallest absolute Gasteiger partial charge is 0.268 e. The fourth-order valence-corrected chi connectivity index (χ4v) is 2.03. The average molecular weight is 286 g/mol. The number of aromatic nitrogens is 1. The maximum Gasteiger partial charge on any atom is 0.268 e. The minimum absolute atomic E-state index is 0.0545. The van der Waals surface area contributed by atoms with Gasteiger partial charge in [-0.15, -0.1) is 0 Å². The van der Waals surface area contributed by atoms with Gasteiger partial charge in [-0.1, -0.05) is 36.4 Å². The molecule has 0 radical (unpaired) electrons. The summed E-state index contributed by atoms with van der Waals surface area (Å²) >= 11 is 0. The van der Waals surface area contributed by atoms with E-state index in [0.717, 1.165) is 0 Å². The number of carbonyl (C=O) groups excluding carboxylic acids is 1. The van der Waals surface area contributed by atoms with Crippen LogP contribution < -0.4 is 10.9 Å². The van der Waals surface area contributed by atoms with Gasteiger partial charge in [0.05, 0.1) is 6.54 Å². The molecule has 1 unspecified atom stereocenters. The van der Waals surface area contributed by atoms with Gasteiger partial charge in [0.25, 0.3) is 11.5 Å². The van der Waals surface area contributed by atoms with Gasteiger partial charge < -0.3 is 15.0 Å². The van der Waals surface area contributed by atoms with Crippen LogP contribution >= 0.6 is 0 Å². The molecule has 1 heterocycles. The molecule has 1 amide bonds. The number of carbonyl (C=O) groups is 1. The van der Waals surface area contributed by atoms with Gasteiger partial charge >= 0.3 is 0 Å². The van der Waals surface area contributed by atoms with Crippen molar-refractivity contribution >= 4 is 5.91 Å². The normalized spacial score (nSPS) is 13.5. The third-order valence-electron chi connectivity index (χ3n) is 3.41. The lowest BCUT2D eigenvalue weighted by molar-refractivity contribution is 0.0524. The summed E-state index contributed by atoms with van der Waals surface area (Å²) in [5.74, 6) is -0.397. The Bertz CT molecular complexity index is 690. The van der Waals surface area contributed by atoms with Crippen molar-refractivity contribution in [2.24, 2.45) is 7.05 Å². The topological polar surface area (TPSA) is 71.3 Å². The standard InChI is InChI=1S/C16H18N2O3/c1-16(21,12-7-4-3-5-8-12)11-17-15(20)13-9-6-10-14(19)18(13)2/h3-10,21H,11H2,1-2H3,(H,17,20). The Morgan fingerprint density at radius 3 is 2.52 bits per heavy atom. The lowest BCUT2D eigenvalue weighted by Crippen LogP contribution is -2.40. The van der Waals surface area contributed by atoms with Crippen molar-refractivity contribution in [3.63, 3.8) is 0 Å². The highest BCUT2D eigenvalue weighted by Crippen LogP contribution is 2.18. The number of hydrogen-bond acceptors (Lipinski definition) is 3. The van der Waals surface area contributed by atoms with E-state index in [1.54, 1.807) is 25.1 Å². The number of hydrogen-bond donors (Lipinski definition) is 2. The summed E-state index contributed by atoms with van der Waals surface area (Å²) in [4.78, 5) is 23.6. The van der Waals surface area contributed by atoms with E-state index >= 15 is 0 Å². The quantitative estimate of drug-likeness (QED) is 0.881. The van der Waals surface area contributed by atoms with Crippen LogP contribution in [0.2, 0.25) is 0 Å². The molecule has 21 heavy (non-hydrogen) atoms. The van der Waals surface area contributed by atoms with Crippen molar-refractivity contribution in [1.82, 2.24) is 9.88 Å². The molecule has 0 aliphatic heterocycles. The molecule has 0 spiro atoms. The van der Waals surface area contributed by atoms with E-state index in [1.807, 2.05) is 18.2 Å². The molecular weight excluding hydrogens is 268 g/mol. The lowest BCUT2D eigenvalue weighted by atomic mass is 9.96. The summed E-state index contributed by atoms with van der Waals surface area (Å²) in [6.07, 6.45) is 0. The largest absolute Gasteiger partial charge is 0.384 e. The monoisotopic (exact) mass is 286 g/mol. The van der Waals surface area contributed by atoms with Gasteiger partial charge in [0.15, 0.2) is 0 Å². The highest BCUT2D eigenvalue weighted by atomic mass is 16.3. The zero-order valence-corrected chi connectivity index (χ0v) is 12.0. The number of benzene rings is 1. The van der Waals surface area contributed by atoms with Gasteiger partial charge in [-0.25, -0.2) is 0 Å². The minimum Gasteiger partial charge on any atom is -0.384 e. The summed E-state index contributed by atoms with van der Waals surface area (Å²) in [6.45, 7) is 1.69. The molecular formula is C16H18N2O3. The fourth-order valence-electron chi connectivity index (χ4n) is 2.03. The molecule has 2 N–H and O–H groups in total. The van der Waals surface area contributed by atoms with Crippen LogP contribution in [-0.4, -0.2) is 22.1 Å². The summed E-state index contributed by atoms with van der Waals surface area (Å²) in [7, 11) is 1.53. The number of amides is 1. The van der Waals surface area contributed by atoms with E-state index in [9.17, 15) is 14.7 Å². The van der Waals surface area contributed by atoms with Gasteiger partial charge in [-0.2, -0.15) is 0 Å².